The minimum Gasteiger partial charge on any atom is -0.355 e. The van der Waals surface area contributed by atoms with Crippen molar-refractivity contribution < 1.29 is 9.59 Å². The summed E-state index contributed by atoms with van der Waals surface area (Å²) in [5.41, 5.74) is 1.49. The molecule has 0 spiro atoms. The molecule has 0 bridgehead atoms. The number of amides is 2. The lowest BCUT2D eigenvalue weighted by molar-refractivity contribution is -0.130. The van der Waals surface area contributed by atoms with E-state index in [2.05, 4.69) is 24.5 Å². The summed E-state index contributed by atoms with van der Waals surface area (Å²) in [5, 5.41) is 6.00. The molecule has 0 atom stereocenters. The van der Waals surface area contributed by atoms with Crippen LogP contribution in [0.5, 0.6) is 0 Å². The van der Waals surface area contributed by atoms with E-state index in [9.17, 15) is 9.59 Å². The summed E-state index contributed by atoms with van der Waals surface area (Å²) in [6.45, 7) is 7.05. The fourth-order valence-electron chi connectivity index (χ4n) is 3.14. The van der Waals surface area contributed by atoms with Crippen LogP contribution in [-0.2, 0) is 15.0 Å². The summed E-state index contributed by atoms with van der Waals surface area (Å²) in [5.74, 6) is 0.779. The van der Waals surface area contributed by atoms with Gasteiger partial charge in [-0.2, -0.15) is 0 Å². The van der Waals surface area contributed by atoms with Crippen molar-refractivity contribution in [2.24, 2.45) is 5.92 Å². The average Bonchev–Trinajstić information content (AvgIpc) is 2.47. The van der Waals surface area contributed by atoms with Crippen molar-refractivity contribution in [1.82, 2.24) is 5.32 Å². The Balaban J connectivity index is 2.02. The first kappa shape index (κ1) is 18.5. The Bertz CT molecular complexity index is 560. The molecule has 4 heteroatoms. The maximum Gasteiger partial charge on any atom is 0.230 e. The normalized spacial score (nSPS) is 15.7. The molecule has 1 aliphatic carbocycles. The van der Waals surface area contributed by atoms with E-state index in [-0.39, 0.29) is 17.2 Å². The van der Waals surface area contributed by atoms with Gasteiger partial charge in [-0.1, -0.05) is 39.3 Å². The maximum absolute atomic E-state index is 12.7. The zero-order valence-corrected chi connectivity index (χ0v) is 15.2. The van der Waals surface area contributed by atoms with Crippen LogP contribution in [0, 0.1) is 5.92 Å². The molecule has 1 aromatic rings. The molecular weight excluding hydrogens is 300 g/mol. The van der Waals surface area contributed by atoms with E-state index < -0.39 is 0 Å². The van der Waals surface area contributed by atoms with E-state index in [1.54, 1.807) is 0 Å². The van der Waals surface area contributed by atoms with Gasteiger partial charge in [0.2, 0.25) is 11.8 Å². The summed E-state index contributed by atoms with van der Waals surface area (Å²) in [7, 11) is 0. The van der Waals surface area contributed by atoms with Gasteiger partial charge in [0.15, 0.2) is 0 Å². The molecule has 132 valence electrons. The number of carbonyl (C=O) groups excluding carboxylic acids is 2. The van der Waals surface area contributed by atoms with Crippen molar-refractivity contribution >= 4 is 17.5 Å². The second-order valence-electron chi connectivity index (χ2n) is 7.25. The average molecular weight is 330 g/mol. The van der Waals surface area contributed by atoms with Crippen LogP contribution in [0.15, 0.2) is 24.3 Å². The molecule has 0 saturated heterocycles. The maximum atomic E-state index is 12.7. The quantitative estimate of drug-likeness (QED) is 0.756. The van der Waals surface area contributed by atoms with Gasteiger partial charge < -0.3 is 10.6 Å². The fourth-order valence-corrected chi connectivity index (χ4v) is 3.14. The Kier molecular flexibility index (Phi) is 6.41. The molecule has 1 fully saturated rings. The van der Waals surface area contributed by atoms with Gasteiger partial charge in [-0.05, 0) is 49.3 Å². The Morgan fingerprint density at radius 1 is 1.17 bits per heavy atom. The second-order valence-corrected chi connectivity index (χ2v) is 7.25. The van der Waals surface area contributed by atoms with E-state index in [0.717, 1.165) is 49.9 Å². The van der Waals surface area contributed by atoms with Crippen molar-refractivity contribution in [1.29, 1.82) is 0 Å². The number of hydrogen-bond acceptors (Lipinski definition) is 2. The fraction of sp³-hybridized carbons (Fsp3) is 0.600. The van der Waals surface area contributed by atoms with E-state index in [1.165, 1.54) is 0 Å². The number of benzene rings is 1. The van der Waals surface area contributed by atoms with Crippen molar-refractivity contribution in [3.63, 3.8) is 0 Å². The number of rotatable bonds is 8. The van der Waals surface area contributed by atoms with Crippen LogP contribution in [-0.4, -0.2) is 18.4 Å². The van der Waals surface area contributed by atoms with Crippen molar-refractivity contribution in [3.05, 3.63) is 29.8 Å². The van der Waals surface area contributed by atoms with Gasteiger partial charge in [0, 0.05) is 18.7 Å². The molecule has 0 unspecified atom stereocenters. The van der Waals surface area contributed by atoms with Gasteiger partial charge in [0.05, 0.1) is 5.41 Å². The lowest BCUT2D eigenvalue weighted by Crippen LogP contribution is -2.49. The lowest BCUT2D eigenvalue weighted by atomic mass is 9.63. The number of hydrogen-bond donors (Lipinski definition) is 2. The van der Waals surface area contributed by atoms with E-state index in [4.69, 9.17) is 0 Å². The Hall–Kier alpha value is -1.84. The van der Waals surface area contributed by atoms with E-state index in [0.29, 0.717) is 12.3 Å². The molecule has 0 radical (unpaired) electrons. The van der Waals surface area contributed by atoms with Crippen molar-refractivity contribution in [3.8, 4) is 0 Å². The van der Waals surface area contributed by atoms with Crippen LogP contribution < -0.4 is 10.6 Å². The molecule has 1 aromatic carbocycles. The van der Waals surface area contributed by atoms with Crippen molar-refractivity contribution in [2.75, 3.05) is 11.9 Å². The van der Waals surface area contributed by atoms with Gasteiger partial charge in [-0.25, -0.2) is 0 Å². The van der Waals surface area contributed by atoms with Gasteiger partial charge in [-0.15, -0.1) is 0 Å². The summed E-state index contributed by atoms with van der Waals surface area (Å²) >= 11 is 0. The van der Waals surface area contributed by atoms with Gasteiger partial charge in [-0.3, -0.25) is 9.59 Å². The molecular formula is C20H30N2O2. The summed E-state index contributed by atoms with van der Waals surface area (Å²) in [4.78, 5) is 24.4. The van der Waals surface area contributed by atoms with Crippen LogP contribution in [0.25, 0.3) is 0 Å². The summed E-state index contributed by atoms with van der Waals surface area (Å²) < 4.78 is 0. The van der Waals surface area contributed by atoms with Gasteiger partial charge in [0.25, 0.3) is 0 Å². The van der Waals surface area contributed by atoms with E-state index >= 15 is 0 Å². The molecule has 2 rings (SSSR count). The van der Waals surface area contributed by atoms with Gasteiger partial charge >= 0.3 is 0 Å². The third kappa shape index (κ3) is 4.37. The Labute approximate surface area is 145 Å². The highest BCUT2D eigenvalue weighted by atomic mass is 16.2. The van der Waals surface area contributed by atoms with Gasteiger partial charge in [0.1, 0.15) is 0 Å². The zero-order chi connectivity index (χ0) is 17.6. The molecule has 0 aliphatic heterocycles. The molecule has 2 amide bonds. The predicted octanol–water partition coefficient (Wildman–Crippen LogP) is 4.01. The molecule has 0 aromatic heterocycles. The molecule has 1 saturated carbocycles. The third-order valence-corrected chi connectivity index (χ3v) is 4.85. The van der Waals surface area contributed by atoms with Crippen LogP contribution in [0.4, 0.5) is 5.69 Å². The summed E-state index contributed by atoms with van der Waals surface area (Å²) in [6.07, 6.45) is 5.27. The molecule has 4 nitrogen and oxygen atoms in total. The second kappa shape index (κ2) is 8.32. The first-order valence-electron chi connectivity index (χ1n) is 9.16. The largest absolute Gasteiger partial charge is 0.355 e. The summed E-state index contributed by atoms with van der Waals surface area (Å²) in [6, 6.07) is 7.79. The lowest BCUT2D eigenvalue weighted by Gasteiger charge is -2.41. The minimum atomic E-state index is -0.372. The highest BCUT2D eigenvalue weighted by Gasteiger charge is 2.45. The molecule has 0 heterocycles. The Morgan fingerprint density at radius 3 is 2.33 bits per heavy atom. The first-order valence-corrected chi connectivity index (χ1v) is 9.16. The highest BCUT2D eigenvalue weighted by molar-refractivity contribution is 5.91. The standard InChI is InChI=1S/C20H30N2O2/c1-4-6-18(23)22-17-9-7-16(8-10-17)20(12-5-13-20)19(24)21-14-11-15(2)3/h7-10,15H,4-6,11-14H2,1-3H3,(H,21,24)(H,22,23). The van der Waals surface area contributed by atoms with Crippen LogP contribution in [0.2, 0.25) is 0 Å². The zero-order valence-electron chi connectivity index (χ0n) is 15.2. The molecule has 24 heavy (non-hydrogen) atoms. The highest BCUT2D eigenvalue weighted by Crippen LogP contribution is 2.44. The van der Waals surface area contributed by atoms with Crippen LogP contribution >= 0.6 is 0 Å². The molecule has 2 N–H and O–H groups in total. The Morgan fingerprint density at radius 2 is 1.83 bits per heavy atom. The third-order valence-electron chi connectivity index (χ3n) is 4.85. The van der Waals surface area contributed by atoms with Crippen molar-refractivity contribution in [2.45, 2.75) is 64.7 Å². The van der Waals surface area contributed by atoms with E-state index in [1.807, 2.05) is 31.2 Å². The SMILES string of the molecule is CCCC(=O)Nc1ccc(C2(C(=O)NCCC(C)C)CCC2)cc1. The number of carbonyl (C=O) groups is 2. The van der Waals surface area contributed by atoms with Crippen LogP contribution in [0.3, 0.4) is 0 Å². The molecule has 1 aliphatic rings. The predicted molar refractivity (Wildman–Crippen MR) is 98.0 cm³/mol. The first-order chi connectivity index (χ1) is 11.5. The minimum absolute atomic E-state index is 0.0371. The number of nitrogens with one attached hydrogen (secondary N) is 2. The van der Waals surface area contributed by atoms with Crippen LogP contribution in [0.1, 0.15) is 64.9 Å². The monoisotopic (exact) mass is 330 g/mol. The number of anilines is 1. The topological polar surface area (TPSA) is 58.2 Å². The smallest absolute Gasteiger partial charge is 0.230 e.